The Hall–Kier alpha value is -4.43. The van der Waals surface area contributed by atoms with Crippen molar-refractivity contribution in [2.75, 3.05) is 50.0 Å². The topological polar surface area (TPSA) is 112 Å². The number of carbonyl (C=O) groups is 1. The summed E-state index contributed by atoms with van der Waals surface area (Å²) in [6, 6.07) is 3.61. The lowest BCUT2D eigenvalue weighted by molar-refractivity contribution is -0.137. The zero-order chi connectivity index (χ0) is 37.6. The van der Waals surface area contributed by atoms with E-state index in [2.05, 4.69) is 9.97 Å². The zero-order valence-corrected chi connectivity index (χ0v) is 29.3. The number of benzene rings is 2. The van der Waals surface area contributed by atoms with Crippen LogP contribution in [0.1, 0.15) is 50.2 Å². The molecule has 280 valence electrons. The summed E-state index contributed by atoms with van der Waals surface area (Å²) < 4.78 is 112. The molecular formula is C36H34F7N7O2S. The summed E-state index contributed by atoms with van der Waals surface area (Å²) in [7, 11) is 0. The van der Waals surface area contributed by atoms with Gasteiger partial charge in [-0.2, -0.15) is 28.4 Å². The number of nitrogens with zero attached hydrogens (tertiary/aromatic N) is 6. The standard InChI is InChI=1S/C36H34F7N7O2S/c1-2-50(18-6-9-48(15-18)33(51)20-11-25(20)39)32-21-10-23(36(41,42)43)27(19-4-5-24(38)30-26(19)22(13-44)31(45)53-30)28(40)29(21)46-34(47-32)52-16-35-7-3-8-49(35)14-17(37)12-35/h4-5,10,17-18,20,25H,2-3,6-9,11-12,14-16,45H2,1H3/t17-,18+,20+,25-,35+/m1/s1. The van der Waals surface area contributed by atoms with E-state index in [0.29, 0.717) is 30.7 Å². The van der Waals surface area contributed by atoms with Gasteiger partial charge in [-0.15, -0.1) is 11.3 Å². The minimum absolute atomic E-state index is 0.0462. The number of ether oxygens (including phenoxy) is 1. The molecule has 0 bridgehead atoms. The minimum atomic E-state index is -5.15. The molecule has 3 saturated heterocycles. The maximum Gasteiger partial charge on any atom is 0.417 e. The first-order valence-corrected chi connectivity index (χ1v) is 18.3. The highest BCUT2D eigenvalue weighted by Crippen LogP contribution is 2.49. The fourth-order valence-electron chi connectivity index (χ4n) is 8.55. The summed E-state index contributed by atoms with van der Waals surface area (Å²) in [6.07, 6.45) is -5.23. The molecule has 4 fully saturated rings. The number of likely N-dealkylation sites (N-methyl/N-ethyl adjacent to an activating group) is 1. The molecule has 1 amide bonds. The van der Waals surface area contributed by atoms with Crippen LogP contribution in [0, 0.1) is 28.9 Å². The third kappa shape index (κ3) is 5.88. The molecule has 4 aliphatic rings. The van der Waals surface area contributed by atoms with Crippen LogP contribution in [-0.4, -0.2) is 88.9 Å². The number of alkyl halides is 5. The van der Waals surface area contributed by atoms with Crippen LogP contribution < -0.4 is 15.4 Å². The number of nitriles is 1. The van der Waals surface area contributed by atoms with Gasteiger partial charge in [-0.3, -0.25) is 9.69 Å². The number of nitrogen functional groups attached to an aromatic ring is 1. The molecule has 5 heterocycles. The van der Waals surface area contributed by atoms with Crippen LogP contribution in [0.3, 0.4) is 0 Å². The van der Waals surface area contributed by atoms with Crippen molar-refractivity contribution in [1.29, 1.82) is 5.26 Å². The molecule has 1 aliphatic carbocycles. The third-order valence-electron chi connectivity index (χ3n) is 11.2. The van der Waals surface area contributed by atoms with Gasteiger partial charge in [0.1, 0.15) is 47.2 Å². The van der Waals surface area contributed by atoms with Crippen molar-refractivity contribution >= 4 is 49.1 Å². The van der Waals surface area contributed by atoms with Gasteiger partial charge < -0.3 is 20.3 Å². The molecule has 5 atom stereocenters. The van der Waals surface area contributed by atoms with Crippen molar-refractivity contribution < 1.29 is 40.3 Å². The van der Waals surface area contributed by atoms with Crippen LogP contribution >= 0.6 is 11.3 Å². The first kappa shape index (κ1) is 35.6. The maximum absolute atomic E-state index is 17.2. The van der Waals surface area contributed by atoms with E-state index in [0.717, 1.165) is 24.6 Å². The van der Waals surface area contributed by atoms with Gasteiger partial charge in [-0.05, 0) is 56.8 Å². The van der Waals surface area contributed by atoms with Crippen molar-refractivity contribution in [3.63, 3.8) is 0 Å². The van der Waals surface area contributed by atoms with Gasteiger partial charge in [-0.25, -0.2) is 17.6 Å². The molecule has 2 aromatic heterocycles. The van der Waals surface area contributed by atoms with E-state index in [1.54, 1.807) is 11.8 Å². The molecule has 1 saturated carbocycles. The molecule has 2 N–H and O–H groups in total. The summed E-state index contributed by atoms with van der Waals surface area (Å²) in [5.74, 6) is -3.36. The number of aromatic nitrogens is 2. The number of amides is 1. The number of hydrogen-bond donors (Lipinski definition) is 1. The second kappa shape index (κ2) is 12.9. The Bertz CT molecular complexity index is 2190. The van der Waals surface area contributed by atoms with Gasteiger partial charge in [0.05, 0.1) is 27.3 Å². The van der Waals surface area contributed by atoms with Gasteiger partial charge in [0.2, 0.25) is 5.91 Å². The van der Waals surface area contributed by atoms with Crippen LogP contribution in [0.5, 0.6) is 6.01 Å². The van der Waals surface area contributed by atoms with Crippen molar-refractivity contribution in [1.82, 2.24) is 19.8 Å². The molecule has 2 aromatic carbocycles. The zero-order valence-electron chi connectivity index (χ0n) is 28.5. The van der Waals surface area contributed by atoms with E-state index in [1.165, 1.54) is 4.90 Å². The second-order valence-corrected chi connectivity index (χ2v) is 15.4. The Balaban J connectivity index is 1.31. The maximum atomic E-state index is 17.2. The van der Waals surface area contributed by atoms with Crippen LogP contribution in [0.15, 0.2) is 18.2 Å². The summed E-state index contributed by atoms with van der Waals surface area (Å²) in [6.45, 7) is 3.20. The van der Waals surface area contributed by atoms with E-state index in [-0.39, 0.29) is 89.4 Å². The molecule has 17 heteroatoms. The van der Waals surface area contributed by atoms with Crippen molar-refractivity contribution in [3.8, 4) is 23.2 Å². The molecule has 0 radical (unpaired) electrons. The van der Waals surface area contributed by atoms with Gasteiger partial charge >= 0.3 is 12.2 Å². The Kier molecular flexibility index (Phi) is 8.64. The summed E-state index contributed by atoms with van der Waals surface area (Å²) in [5.41, 5.74) is 1.74. The predicted octanol–water partition coefficient (Wildman–Crippen LogP) is 7.00. The predicted molar refractivity (Wildman–Crippen MR) is 184 cm³/mol. The van der Waals surface area contributed by atoms with Gasteiger partial charge in [0.25, 0.3) is 0 Å². The number of thiophene rings is 1. The number of halogens is 7. The average molecular weight is 762 g/mol. The number of likely N-dealkylation sites (tertiary alicyclic amines) is 1. The number of carbonyl (C=O) groups excluding carboxylic acids is 1. The first-order valence-electron chi connectivity index (χ1n) is 17.5. The largest absolute Gasteiger partial charge is 0.461 e. The minimum Gasteiger partial charge on any atom is -0.461 e. The first-order chi connectivity index (χ1) is 25.2. The molecule has 53 heavy (non-hydrogen) atoms. The normalized spacial score (nSPS) is 25.7. The monoisotopic (exact) mass is 761 g/mol. The Morgan fingerprint density at radius 2 is 1.98 bits per heavy atom. The highest BCUT2D eigenvalue weighted by molar-refractivity contribution is 7.23. The van der Waals surface area contributed by atoms with E-state index >= 15 is 17.6 Å². The highest BCUT2D eigenvalue weighted by Gasteiger charge is 2.50. The number of rotatable bonds is 8. The fourth-order valence-corrected chi connectivity index (χ4v) is 9.50. The quantitative estimate of drug-likeness (QED) is 0.191. The smallest absolute Gasteiger partial charge is 0.417 e. The Morgan fingerprint density at radius 3 is 2.68 bits per heavy atom. The molecule has 8 rings (SSSR count). The van der Waals surface area contributed by atoms with Crippen LogP contribution in [0.2, 0.25) is 0 Å². The second-order valence-electron chi connectivity index (χ2n) is 14.3. The van der Waals surface area contributed by atoms with Crippen molar-refractivity contribution in [3.05, 3.63) is 41.0 Å². The lowest BCUT2D eigenvalue weighted by atomic mass is 9.92. The highest BCUT2D eigenvalue weighted by atomic mass is 32.1. The van der Waals surface area contributed by atoms with E-state index < -0.39 is 69.9 Å². The van der Waals surface area contributed by atoms with Crippen molar-refractivity contribution in [2.45, 2.75) is 69.1 Å². The van der Waals surface area contributed by atoms with Crippen LogP contribution in [0.4, 0.5) is 41.6 Å². The Morgan fingerprint density at radius 1 is 1.21 bits per heavy atom. The number of anilines is 2. The summed E-state index contributed by atoms with van der Waals surface area (Å²) in [4.78, 5) is 27.0. The lowest BCUT2D eigenvalue weighted by Crippen LogP contribution is -2.43. The fraction of sp³-hybridized carbons (Fsp3) is 0.500. The van der Waals surface area contributed by atoms with Gasteiger partial charge in [-0.1, -0.05) is 6.07 Å². The number of fused-ring (bicyclic) bond motifs is 3. The van der Waals surface area contributed by atoms with E-state index in [1.807, 2.05) is 11.0 Å². The van der Waals surface area contributed by atoms with E-state index in [9.17, 15) is 23.2 Å². The molecule has 4 aromatic rings. The molecular weight excluding hydrogens is 727 g/mol. The van der Waals surface area contributed by atoms with Crippen molar-refractivity contribution in [2.24, 2.45) is 5.92 Å². The summed E-state index contributed by atoms with van der Waals surface area (Å²) >= 11 is 0.666. The van der Waals surface area contributed by atoms with Gasteiger partial charge in [0, 0.05) is 55.0 Å². The lowest BCUT2D eigenvalue weighted by Gasteiger charge is -2.32. The van der Waals surface area contributed by atoms with Crippen LogP contribution in [0.25, 0.3) is 32.1 Å². The van der Waals surface area contributed by atoms with E-state index in [4.69, 9.17) is 10.5 Å². The Labute approximate surface area is 303 Å². The number of nitrogens with two attached hydrogens (primary N) is 1. The molecule has 0 spiro atoms. The average Bonchev–Trinajstić information content (AvgIpc) is 3.47. The molecule has 3 aliphatic heterocycles. The van der Waals surface area contributed by atoms with Crippen LogP contribution in [-0.2, 0) is 11.0 Å². The summed E-state index contributed by atoms with van der Waals surface area (Å²) in [5, 5.41) is 9.16. The third-order valence-corrected chi connectivity index (χ3v) is 12.2. The molecule has 9 nitrogen and oxygen atoms in total. The SMILES string of the molecule is CCN(c1nc(OC[C@@]23CCCN2C[C@H](F)C3)nc2c(F)c(-c3ccc(F)c4sc(N)c(C#N)c34)c(C(F)(F)F)cc12)[C@H]1CCN(C(=O)[C@H]2C[C@H]2F)C1. The molecule has 0 unspecified atom stereocenters. The van der Waals surface area contributed by atoms with Gasteiger partial charge in [0.15, 0.2) is 5.82 Å². The number of hydrogen-bond acceptors (Lipinski definition) is 9.